The molecule has 1 saturated heterocycles. The Balaban J connectivity index is 1.47. The minimum absolute atomic E-state index is 0.0178. The average molecular weight is 412 g/mol. The molecule has 4 N–H and O–H groups in total. The molecule has 1 unspecified atom stereocenters. The molecular formula is C21H24N4O5. The third kappa shape index (κ3) is 4.62. The van der Waals surface area contributed by atoms with Crippen LogP contribution in [0, 0.1) is 5.92 Å². The number of nitrogens with two attached hydrogens (primary N) is 1. The van der Waals surface area contributed by atoms with Crippen molar-refractivity contribution in [3.8, 4) is 22.8 Å². The lowest BCUT2D eigenvalue weighted by Gasteiger charge is -2.29. The molecule has 1 atom stereocenters. The number of carbonyl (C=O) groups excluding carboxylic acids is 2. The van der Waals surface area contributed by atoms with Crippen LogP contribution in [0.4, 0.5) is 10.5 Å². The number of nitrogens with zero attached hydrogens (tertiary/aromatic N) is 1. The molecule has 0 spiro atoms. The average Bonchev–Trinajstić information content (AvgIpc) is 2.77. The molecule has 1 fully saturated rings. The van der Waals surface area contributed by atoms with Crippen LogP contribution in [-0.2, 0) is 9.53 Å². The second kappa shape index (κ2) is 9.00. The van der Waals surface area contributed by atoms with E-state index in [2.05, 4.69) is 15.6 Å². The number of primary amides is 1. The lowest BCUT2D eigenvalue weighted by Crippen LogP contribution is -2.43. The summed E-state index contributed by atoms with van der Waals surface area (Å²) in [5.74, 6) is 1.16. The van der Waals surface area contributed by atoms with Crippen LogP contribution in [-0.4, -0.2) is 49.4 Å². The van der Waals surface area contributed by atoms with Crippen LogP contribution in [0.5, 0.6) is 11.5 Å². The van der Waals surface area contributed by atoms with Gasteiger partial charge in [0.05, 0.1) is 12.2 Å². The van der Waals surface area contributed by atoms with Gasteiger partial charge in [0.1, 0.15) is 12.7 Å². The first-order chi connectivity index (χ1) is 14.6. The maximum absolute atomic E-state index is 12.4. The standard InChI is InChI=1S/C21H24N4O5/c22-21(27)25-14-4-7-23-17(10-14)16-2-1-3-18-19(16)30-15(12-29-18)11-24-20(26)13-5-8-28-9-6-13/h1-4,7,10,13,15H,5-6,8-9,11-12H2,(H,24,26)(H3,22,23,25,27). The molecule has 3 heterocycles. The fourth-order valence-electron chi connectivity index (χ4n) is 3.55. The summed E-state index contributed by atoms with van der Waals surface area (Å²) in [7, 11) is 0. The molecule has 1 aromatic carbocycles. The first kappa shape index (κ1) is 20.0. The number of rotatable bonds is 5. The Bertz CT molecular complexity index is 929. The Morgan fingerprint density at radius 3 is 2.83 bits per heavy atom. The molecule has 2 aliphatic rings. The van der Waals surface area contributed by atoms with E-state index in [1.165, 1.54) is 0 Å². The Hall–Kier alpha value is -3.33. The van der Waals surface area contributed by atoms with Crippen molar-refractivity contribution in [3.05, 3.63) is 36.5 Å². The normalized spacial score (nSPS) is 18.5. The topological polar surface area (TPSA) is 125 Å². The van der Waals surface area contributed by atoms with Gasteiger partial charge in [-0.15, -0.1) is 0 Å². The summed E-state index contributed by atoms with van der Waals surface area (Å²) >= 11 is 0. The van der Waals surface area contributed by atoms with Crippen LogP contribution in [0.15, 0.2) is 36.5 Å². The minimum atomic E-state index is -0.651. The fourth-order valence-corrected chi connectivity index (χ4v) is 3.55. The molecule has 2 aliphatic heterocycles. The Labute approximate surface area is 173 Å². The van der Waals surface area contributed by atoms with Crippen molar-refractivity contribution >= 4 is 17.6 Å². The summed E-state index contributed by atoms with van der Waals surface area (Å²) in [6.45, 7) is 1.92. The zero-order chi connectivity index (χ0) is 20.9. The van der Waals surface area contributed by atoms with E-state index in [1.807, 2.05) is 18.2 Å². The van der Waals surface area contributed by atoms with Crippen molar-refractivity contribution in [1.82, 2.24) is 10.3 Å². The highest BCUT2D eigenvalue weighted by Crippen LogP contribution is 2.40. The molecular weight excluding hydrogens is 388 g/mol. The van der Waals surface area contributed by atoms with Gasteiger partial charge in [-0.2, -0.15) is 0 Å². The molecule has 158 valence electrons. The van der Waals surface area contributed by atoms with Crippen molar-refractivity contribution in [2.24, 2.45) is 11.7 Å². The Kier molecular flexibility index (Phi) is 5.99. The number of urea groups is 1. The van der Waals surface area contributed by atoms with Gasteiger partial charge in [0, 0.05) is 36.6 Å². The highest BCUT2D eigenvalue weighted by atomic mass is 16.6. The third-order valence-electron chi connectivity index (χ3n) is 5.09. The summed E-state index contributed by atoms with van der Waals surface area (Å²) in [6, 6.07) is 8.24. The van der Waals surface area contributed by atoms with Crippen molar-refractivity contribution in [2.45, 2.75) is 18.9 Å². The van der Waals surface area contributed by atoms with Gasteiger partial charge in [-0.1, -0.05) is 6.07 Å². The van der Waals surface area contributed by atoms with E-state index in [4.69, 9.17) is 19.9 Å². The van der Waals surface area contributed by atoms with Gasteiger partial charge in [0.25, 0.3) is 0 Å². The maximum atomic E-state index is 12.4. The van der Waals surface area contributed by atoms with Crippen LogP contribution < -0.4 is 25.8 Å². The molecule has 2 aromatic rings. The lowest BCUT2D eigenvalue weighted by atomic mass is 9.99. The molecule has 1 aromatic heterocycles. The van der Waals surface area contributed by atoms with Crippen molar-refractivity contribution in [3.63, 3.8) is 0 Å². The number of hydrogen-bond acceptors (Lipinski definition) is 6. The van der Waals surface area contributed by atoms with Crippen LogP contribution in [0.2, 0.25) is 0 Å². The highest BCUT2D eigenvalue weighted by molar-refractivity contribution is 5.88. The van der Waals surface area contributed by atoms with Crippen LogP contribution in [0.3, 0.4) is 0 Å². The molecule has 0 saturated carbocycles. The van der Waals surface area contributed by atoms with Gasteiger partial charge in [0.2, 0.25) is 5.91 Å². The van der Waals surface area contributed by atoms with Crippen molar-refractivity contribution in [1.29, 1.82) is 0 Å². The number of nitrogens with one attached hydrogen (secondary N) is 2. The Morgan fingerprint density at radius 1 is 1.20 bits per heavy atom. The number of amides is 3. The summed E-state index contributed by atoms with van der Waals surface area (Å²) < 4.78 is 17.3. The summed E-state index contributed by atoms with van der Waals surface area (Å²) in [4.78, 5) is 27.9. The SMILES string of the molecule is NC(=O)Nc1ccnc(-c2cccc3c2OC(CNC(=O)C2CCOCC2)CO3)c1. The van der Waals surface area contributed by atoms with Crippen LogP contribution in [0.1, 0.15) is 12.8 Å². The largest absolute Gasteiger partial charge is 0.486 e. The van der Waals surface area contributed by atoms with E-state index in [9.17, 15) is 9.59 Å². The lowest BCUT2D eigenvalue weighted by molar-refractivity contribution is -0.128. The molecule has 3 amide bonds. The number of carbonyl (C=O) groups is 2. The fraction of sp³-hybridized carbons (Fsp3) is 0.381. The van der Waals surface area contributed by atoms with Gasteiger partial charge in [0.15, 0.2) is 11.5 Å². The van der Waals surface area contributed by atoms with E-state index >= 15 is 0 Å². The van der Waals surface area contributed by atoms with Gasteiger partial charge in [-0.25, -0.2) is 4.79 Å². The number of fused-ring (bicyclic) bond motifs is 1. The summed E-state index contributed by atoms with van der Waals surface area (Å²) in [5, 5.41) is 5.50. The zero-order valence-electron chi connectivity index (χ0n) is 16.4. The van der Waals surface area contributed by atoms with Gasteiger partial charge >= 0.3 is 6.03 Å². The molecule has 30 heavy (non-hydrogen) atoms. The number of ether oxygens (including phenoxy) is 3. The monoisotopic (exact) mass is 412 g/mol. The first-order valence-electron chi connectivity index (χ1n) is 9.91. The second-order valence-electron chi connectivity index (χ2n) is 7.23. The number of aromatic nitrogens is 1. The molecule has 0 aliphatic carbocycles. The molecule has 0 radical (unpaired) electrons. The summed E-state index contributed by atoms with van der Waals surface area (Å²) in [6.07, 6.45) is 2.73. The van der Waals surface area contributed by atoms with Crippen LogP contribution in [0.25, 0.3) is 11.3 Å². The second-order valence-corrected chi connectivity index (χ2v) is 7.23. The number of para-hydroxylation sites is 1. The van der Waals surface area contributed by atoms with Gasteiger partial charge < -0.3 is 30.6 Å². The van der Waals surface area contributed by atoms with Crippen molar-refractivity contribution in [2.75, 3.05) is 31.7 Å². The zero-order valence-corrected chi connectivity index (χ0v) is 16.4. The number of benzene rings is 1. The smallest absolute Gasteiger partial charge is 0.316 e. The number of anilines is 1. The van der Waals surface area contributed by atoms with Crippen molar-refractivity contribution < 1.29 is 23.8 Å². The van der Waals surface area contributed by atoms with Gasteiger partial charge in [-0.3, -0.25) is 9.78 Å². The predicted octanol–water partition coefficient (Wildman–Crippen LogP) is 1.92. The van der Waals surface area contributed by atoms with E-state index in [0.717, 1.165) is 18.4 Å². The summed E-state index contributed by atoms with van der Waals surface area (Å²) in [5.41, 5.74) is 7.06. The van der Waals surface area contributed by atoms with E-state index in [-0.39, 0.29) is 17.9 Å². The first-order valence-corrected chi connectivity index (χ1v) is 9.91. The maximum Gasteiger partial charge on any atom is 0.316 e. The van der Waals surface area contributed by atoms with E-state index < -0.39 is 6.03 Å². The molecule has 9 nitrogen and oxygen atoms in total. The molecule has 9 heteroatoms. The molecule has 0 bridgehead atoms. The highest BCUT2D eigenvalue weighted by Gasteiger charge is 2.27. The van der Waals surface area contributed by atoms with Gasteiger partial charge in [-0.05, 0) is 37.1 Å². The minimum Gasteiger partial charge on any atom is -0.486 e. The van der Waals surface area contributed by atoms with E-state index in [1.54, 1.807) is 18.3 Å². The van der Waals surface area contributed by atoms with Crippen LogP contribution >= 0.6 is 0 Å². The third-order valence-corrected chi connectivity index (χ3v) is 5.09. The molecule has 4 rings (SSSR count). The number of pyridine rings is 1. The van der Waals surface area contributed by atoms with E-state index in [0.29, 0.717) is 49.2 Å². The number of hydrogen-bond donors (Lipinski definition) is 3. The Morgan fingerprint density at radius 2 is 2.03 bits per heavy atom. The predicted molar refractivity (Wildman–Crippen MR) is 109 cm³/mol. The quantitative estimate of drug-likeness (QED) is 0.689.